The van der Waals surface area contributed by atoms with Gasteiger partial charge in [0.25, 0.3) is 0 Å². The van der Waals surface area contributed by atoms with E-state index in [-0.39, 0.29) is 17.6 Å². The van der Waals surface area contributed by atoms with E-state index in [9.17, 15) is 9.59 Å². The predicted molar refractivity (Wildman–Crippen MR) is 129 cm³/mol. The SMILES string of the molecule is CCCCC(CC)COCCCNC(=O)Nc1cc(NC(=O)NC(C)(C)C)ccc1C. The highest BCUT2D eigenvalue weighted by molar-refractivity contribution is 5.93. The molecule has 0 bridgehead atoms. The molecule has 1 unspecified atom stereocenters. The fraction of sp³-hybridized carbons (Fsp3) is 0.667. The number of benzene rings is 1. The number of hydrogen-bond donors (Lipinski definition) is 4. The van der Waals surface area contributed by atoms with Crippen molar-refractivity contribution in [3.63, 3.8) is 0 Å². The third kappa shape index (κ3) is 12.2. The first kappa shape index (κ1) is 26.8. The van der Waals surface area contributed by atoms with Gasteiger partial charge in [0, 0.05) is 36.7 Å². The Hall–Kier alpha value is -2.28. The molecule has 4 N–H and O–H groups in total. The number of hydrogen-bond acceptors (Lipinski definition) is 3. The minimum atomic E-state index is -0.327. The van der Waals surface area contributed by atoms with E-state index in [1.807, 2.05) is 39.8 Å². The number of aryl methyl sites for hydroxylation is 1. The number of nitrogens with one attached hydrogen (secondary N) is 4. The molecule has 0 fully saturated rings. The largest absolute Gasteiger partial charge is 0.381 e. The molecule has 0 aliphatic carbocycles. The Morgan fingerprint density at radius 3 is 2.45 bits per heavy atom. The van der Waals surface area contributed by atoms with E-state index in [1.54, 1.807) is 6.07 Å². The number of rotatable bonds is 12. The third-order valence-corrected chi connectivity index (χ3v) is 4.88. The van der Waals surface area contributed by atoms with Gasteiger partial charge in [0.1, 0.15) is 0 Å². The summed E-state index contributed by atoms with van der Waals surface area (Å²) in [7, 11) is 0. The number of urea groups is 2. The number of carbonyl (C=O) groups excluding carboxylic acids is 2. The molecule has 0 spiro atoms. The zero-order valence-corrected chi connectivity index (χ0v) is 20.2. The van der Waals surface area contributed by atoms with Crippen molar-refractivity contribution in [2.24, 2.45) is 5.92 Å². The van der Waals surface area contributed by atoms with Crippen molar-refractivity contribution in [3.05, 3.63) is 23.8 Å². The van der Waals surface area contributed by atoms with Crippen LogP contribution in [0.25, 0.3) is 0 Å². The summed E-state index contributed by atoms with van der Waals surface area (Å²) >= 11 is 0. The molecule has 7 heteroatoms. The molecule has 1 aromatic carbocycles. The Kier molecular flexibility index (Phi) is 12.0. The lowest BCUT2D eigenvalue weighted by atomic mass is 10.0. The number of ether oxygens (including phenoxy) is 1. The van der Waals surface area contributed by atoms with Gasteiger partial charge in [-0.25, -0.2) is 9.59 Å². The molecule has 31 heavy (non-hydrogen) atoms. The molecule has 1 aromatic rings. The molecular weight excluding hydrogens is 392 g/mol. The van der Waals surface area contributed by atoms with E-state index in [1.165, 1.54) is 19.3 Å². The van der Waals surface area contributed by atoms with Gasteiger partial charge in [0.15, 0.2) is 0 Å². The van der Waals surface area contributed by atoms with Crippen molar-refractivity contribution in [2.45, 2.75) is 79.2 Å². The number of anilines is 2. The van der Waals surface area contributed by atoms with Crippen LogP contribution in [0.1, 0.15) is 72.3 Å². The lowest BCUT2D eigenvalue weighted by molar-refractivity contribution is 0.0925. The quantitative estimate of drug-likeness (QED) is 0.320. The van der Waals surface area contributed by atoms with Crippen LogP contribution in [-0.2, 0) is 4.74 Å². The second kappa shape index (κ2) is 13.9. The maximum atomic E-state index is 12.2. The Balaban J connectivity index is 2.37. The zero-order chi connectivity index (χ0) is 23.3. The molecular formula is C24H42N4O3. The van der Waals surface area contributed by atoms with Gasteiger partial charge in [0.05, 0.1) is 0 Å². The van der Waals surface area contributed by atoms with Crippen molar-refractivity contribution in [1.82, 2.24) is 10.6 Å². The molecule has 4 amide bonds. The van der Waals surface area contributed by atoms with Crippen LogP contribution < -0.4 is 21.3 Å². The topological polar surface area (TPSA) is 91.5 Å². The van der Waals surface area contributed by atoms with E-state index in [0.717, 1.165) is 25.0 Å². The fourth-order valence-electron chi connectivity index (χ4n) is 3.03. The zero-order valence-electron chi connectivity index (χ0n) is 20.2. The van der Waals surface area contributed by atoms with Gasteiger partial charge in [0.2, 0.25) is 0 Å². The van der Waals surface area contributed by atoms with Crippen LogP contribution in [0.2, 0.25) is 0 Å². The summed E-state index contributed by atoms with van der Waals surface area (Å²) in [6.07, 6.45) is 5.61. The van der Waals surface area contributed by atoms with Crippen molar-refractivity contribution < 1.29 is 14.3 Å². The van der Waals surface area contributed by atoms with Gasteiger partial charge in [-0.1, -0.05) is 39.2 Å². The Morgan fingerprint density at radius 2 is 1.81 bits per heavy atom. The number of carbonyl (C=O) groups is 2. The molecule has 0 saturated heterocycles. The van der Waals surface area contributed by atoms with E-state index < -0.39 is 0 Å². The fourth-order valence-corrected chi connectivity index (χ4v) is 3.03. The van der Waals surface area contributed by atoms with Crippen LogP contribution in [0.3, 0.4) is 0 Å². The molecule has 1 rings (SSSR count). The molecule has 1 atom stereocenters. The van der Waals surface area contributed by atoms with E-state index >= 15 is 0 Å². The normalized spacial score (nSPS) is 12.2. The van der Waals surface area contributed by atoms with E-state index in [4.69, 9.17) is 4.74 Å². The Labute approximate surface area is 188 Å². The van der Waals surface area contributed by atoms with Crippen molar-refractivity contribution in [2.75, 3.05) is 30.4 Å². The summed E-state index contributed by atoms with van der Waals surface area (Å²) in [4.78, 5) is 24.3. The average Bonchev–Trinajstić information content (AvgIpc) is 2.68. The molecule has 7 nitrogen and oxygen atoms in total. The summed E-state index contributed by atoms with van der Waals surface area (Å²) in [6.45, 7) is 14.1. The smallest absolute Gasteiger partial charge is 0.319 e. The molecule has 0 radical (unpaired) electrons. The minimum Gasteiger partial charge on any atom is -0.381 e. The van der Waals surface area contributed by atoms with Crippen LogP contribution in [0.15, 0.2) is 18.2 Å². The molecule has 176 valence electrons. The van der Waals surface area contributed by atoms with Crippen LogP contribution in [0, 0.1) is 12.8 Å². The predicted octanol–water partition coefficient (Wildman–Crippen LogP) is 5.66. The van der Waals surface area contributed by atoms with E-state index in [2.05, 4.69) is 35.1 Å². The summed E-state index contributed by atoms with van der Waals surface area (Å²) in [5.74, 6) is 0.630. The highest BCUT2D eigenvalue weighted by atomic mass is 16.5. The lowest BCUT2D eigenvalue weighted by Gasteiger charge is -2.21. The van der Waals surface area contributed by atoms with Gasteiger partial charge in [-0.05, 0) is 64.2 Å². The van der Waals surface area contributed by atoms with Crippen LogP contribution >= 0.6 is 0 Å². The molecule has 0 heterocycles. The number of amides is 4. The van der Waals surface area contributed by atoms with Crippen LogP contribution in [0.4, 0.5) is 21.0 Å². The second-order valence-electron chi connectivity index (χ2n) is 9.08. The molecule has 0 aliphatic rings. The first-order valence-corrected chi connectivity index (χ1v) is 11.5. The third-order valence-electron chi connectivity index (χ3n) is 4.88. The van der Waals surface area contributed by atoms with Gasteiger partial charge in [-0.3, -0.25) is 0 Å². The molecule has 0 saturated carbocycles. The first-order valence-electron chi connectivity index (χ1n) is 11.5. The van der Waals surface area contributed by atoms with Crippen molar-refractivity contribution >= 4 is 23.4 Å². The monoisotopic (exact) mass is 434 g/mol. The standard InChI is InChI=1S/C24H42N4O3/c1-7-9-11-19(8-2)17-31-15-10-14-25-22(29)27-21-16-20(13-12-18(21)3)26-23(30)28-24(4,5)6/h12-13,16,19H,7-11,14-15,17H2,1-6H3,(H2,25,27,29)(H2,26,28,30). The van der Waals surface area contributed by atoms with Crippen molar-refractivity contribution in [3.8, 4) is 0 Å². The number of unbranched alkanes of at least 4 members (excludes halogenated alkanes) is 1. The summed E-state index contributed by atoms with van der Waals surface area (Å²) < 4.78 is 5.77. The maximum Gasteiger partial charge on any atom is 0.319 e. The Bertz CT molecular complexity index is 686. The highest BCUT2D eigenvalue weighted by Crippen LogP contribution is 2.20. The molecule has 0 aliphatic heterocycles. The first-order chi connectivity index (χ1) is 14.6. The van der Waals surface area contributed by atoms with Gasteiger partial charge < -0.3 is 26.0 Å². The second-order valence-corrected chi connectivity index (χ2v) is 9.08. The Morgan fingerprint density at radius 1 is 1.06 bits per heavy atom. The highest BCUT2D eigenvalue weighted by Gasteiger charge is 2.14. The van der Waals surface area contributed by atoms with Crippen LogP contribution in [0.5, 0.6) is 0 Å². The molecule has 0 aromatic heterocycles. The summed E-state index contributed by atoms with van der Waals surface area (Å²) in [5, 5.41) is 11.3. The van der Waals surface area contributed by atoms with Crippen molar-refractivity contribution in [1.29, 1.82) is 0 Å². The van der Waals surface area contributed by atoms with Crippen LogP contribution in [-0.4, -0.2) is 37.4 Å². The van der Waals surface area contributed by atoms with Gasteiger partial charge >= 0.3 is 12.1 Å². The lowest BCUT2D eigenvalue weighted by Crippen LogP contribution is -2.43. The minimum absolute atomic E-state index is 0.270. The average molecular weight is 435 g/mol. The summed E-state index contributed by atoms with van der Waals surface area (Å²) in [6, 6.07) is 4.86. The van der Waals surface area contributed by atoms with Gasteiger partial charge in [-0.2, -0.15) is 0 Å². The summed E-state index contributed by atoms with van der Waals surface area (Å²) in [5.41, 5.74) is 1.86. The van der Waals surface area contributed by atoms with E-state index in [0.29, 0.717) is 30.4 Å². The maximum absolute atomic E-state index is 12.2. The van der Waals surface area contributed by atoms with Gasteiger partial charge in [-0.15, -0.1) is 0 Å².